The molecule has 2 aliphatic carbocycles. The van der Waals surface area contributed by atoms with E-state index in [9.17, 15) is 34.2 Å². The van der Waals surface area contributed by atoms with E-state index in [1.165, 1.54) is 43.5 Å². The number of phenols is 1. The van der Waals surface area contributed by atoms with Gasteiger partial charge in [0.15, 0.2) is 21.2 Å². The maximum Gasteiger partial charge on any atom is 0.335 e. The smallest absolute Gasteiger partial charge is 0.335 e. The van der Waals surface area contributed by atoms with Gasteiger partial charge in [0.05, 0.1) is 40.7 Å². The Kier molecular flexibility index (Phi) is 7.11. The lowest BCUT2D eigenvalue weighted by molar-refractivity contribution is -0.138. The predicted molar refractivity (Wildman–Crippen MR) is 159 cm³/mol. The number of phenolic OH excluding ortho intramolecular Hbond substituents is 1. The Morgan fingerprint density at radius 2 is 1.81 bits per heavy atom. The molecule has 1 saturated carbocycles. The molecular weight excluding hydrogens is 691 g/mol. The van der Waals surface area contributed by atoms with Crippen LogP contribution in [-0.2, 0) is 19.2 Å². The third-order valence-corrected chi connectivity index (χ3v) is 11.2. The number of imide groups is 2. The highest BCUT2D eigenvalue weighted by molar-refractivity contribution is 9.09. The molecule has 0 radical (unpaired) electrons. The summed E-state index contributed by atoms with van der Waals surface area (Å²) in [5.74, 6) is -7.87. The van der Waals surface area contributed by atoms with E-state index in [1.54, 1.807) is 6.08 Å². The van der Waals surface area contributed by atoms with Crippen molar-refractivity contribution in [2.24, 2.45) is 17.8 Å². The number of aromatic carboxylic acids is 1. The van der Waals surface area contributed by atoms with Crippen LogP contribution in [0.15, 0.2) is 48.0 Å². The summed E-state index contributed by atoms with van der Waals surface area (Å²) in [6.45, 7) is 0. The van der Waals surface area contributed by atoms with Crippen LogP contribution in [0.1, 0.15) is 34.7 Å². The number of alkyl halides is 3. The maximum atomic E-state index is 14.1. The molecule has 4 aliphatic rings. The van der Waals surface area contributed by atoms with Gasteiger partial charge in [0.1, 0.15) is 0 Å². The molecule has 10 nitrogen and oxygen atoms in total. The standard InChI is InChI=1S/C29H22BrCl3N2O8/c1-43-19-9-13(8-18(31)22(19)36)21-15-5-6-16-20(17(15)10-28(32)26(41)34(11-30)27(42)29(21,28)33)24(38)35(23(16)37)14-4-2-3-12(7-14)25(39)40/h2-5,7-9,16-17,20-21,36H,6,10-11H2,1H3,(H,39,40)/t16-,17+,20-,21-,28+,29-/m0/s1. The zero-order valence-corrected chi connectivity index (χ0v) is 26.1. The van der Waals surface area contributed by atoms with E-state index in [0.29, 0.717) is 11.1 Å². The maximum absolute atomic E-state index is 14.1. The number of aromatic hydroxyl groups is 1. The van der Waals surface area contributed by atoms with Crippen LogP contribution in [0.4, 0.5) is 5.69 Å². The van der Waals surface area contributed by atoms with E-state index in [-0.39, 0.29) is 46.1 Å². The molecule has 14 heteroatoms. The topological polar surface area (TPSA) is 142 Å². The van der Waals surface area contributed by atoms with Crippen molar-refractivity contribution in [2.45, 2.75) is 28.5 Å². The number of allylic oxidation sites excluding steroid dienone is 2. The number of likely N-dealkylation sites (tertiary alicyclic amines) is 1. The number of benzene rings is 2. The summed E-state index contributed by atoms with van der Waals surface area (Å²) in [6.07, 6.45) is 1.64. The molecule has 0 spiro atoms. The van der Waals surface area contributed by atoms with E-state index in [4.69, 9.17) is 39.5 Å². The van der Waals surface area contributed by atoms with E-state index < -0.39 is 63.0 Å². The van der Waals surface area contributed by atoms with E-state index >= 15 is 0 Å². The number of rotatable bonds is 5. The number of anilines is 1. The van der Waals surface area contributed by atoms with Gasteiger partial charge in [0, 0.05) is 5.92 Å². The summed E-state index contributed by atoms with van der Waals surface area (Å²) in [5.41, 5.74) is 0.670. The third-order valence-electron chi connectivity index (χ3n) is 8.97. The van der Waals surface area contributed by atoms with Gasteiger partial charge in [-0.1, -0.05) is 45.2 Å². The number of carbonyl (C=O) groups is 5. The minimum atomic E-state index is -2.05. The average molecular weight is 713 g/mol. The van der Waals surface area contributed by atoms with Crippen LogP contribution in [0.25, 0.3) is 0 Å². The normalized spacial score (nSPS) is 31.5. The Hall–Kier alpha value is -3.12. The Labute approximate surface area is 268 Å². The lowest BCUT2D eigenvalue weighted by atomic mass is 9.56. The lowest BCUT2D eigenvalue weighted by Crippen LogP contribution is -2.60. The second-order valence-corrected chi connectivity index (χ2v) is 13.1. The van der Waals surface area contributed by atoms with Crippen LogP contribution in [0, 0.1) is 17.8 Å². The van der Waals surface area contributed by atoms with Crippen LogP contribution in [0.5, 0.6) is 11.5 Å². The highest BCUT2D eigenvalue weighted by Gasteiger charge is 2.76. The Bertz CT molecular complexity index is 1680. The highest BCUT2D eigenvalue weighted by Crippen LogP contribution is 2.66. The summed E-state index contributed by atoms with van der Waals surface area (Å²) in [4.78, 5) is 64.8. The molecule has 224 valence electrons. The zero-order valence-electron chi connectivity index (χ0n) is 22.2. The number of carbonyl (C=O) groups excluding carboxylic acids is 4. The number of carboxylic acids is 1. The number of nitrogens with zero attached hydrogens (tertiary/aromatic N) is 2. The van der Waals surface area contributed by atoms with Crippen molar-refractivity contribution in [1.29, 1.82) is 0 Å². The quantitative estimate of drug-likeness (QED) is 0.197. The fourth-order valence-corrected chi connectivity index (χ4v) is 8.72. The molecule has 2 aromatic carbocycles. The second kappa shape index (κ2) is 10.2. The fraction of sp³-hybridized carbons (Fsp3) is 0.345. The van der Waals surface area contributed by atoms with Gasteiger partial charge in [0.25, 0.3) is 11.8 Å². The molecule has 2 N–H and O–H groups in total. The molecule has 0 aromatic heterocycles. The van der Waals surface area contributed by atoms with Crippen LogP contribution in [-0.4, -0.2) is 67.0 Å². The average Bonchev–Trinajstić information content (AvgIpc) is 3.32. The van der Waals surface area contributed by atoms with E-state index in [2.05, 4.69) is 15.9 Å². The van der Waals surface area contributed by atoms with Crippen LogP contribution in [0.3, 0.4) is 0 Å². The predicted octanol–water partition coefficient (Wildman–Crippen LogP) is 4.67. The van der Waals surface area contributed by atoms with Crippen molar-refractivity contribution in [3.8, 4) is 11.5 Å². The van der Waals surface area contributed by atoms with Crippen molar-refractivity contribution in [2.75, 3.05) is 17.5 Å². The van der Waals surface area contributed by atoms with Gasteiger partial charge >= 0.3 is 5.97 Å². The summed E-state index contributed by atoms with van der Waals surface area (Å²) in [7, 11) is 1.32. The molecule has 2 saturated heterocycles. The number of halogens is 4. The van der Waals surface area contributed by atoms with Gasteiger partial charge in [0.2, 0.25) is 11.8 Å². The lowest BCUT2D eigenvalue weighted by Gasteiger charge is -2.50. The van der Waals surface area contributed by atoms with Crippen molar-refractivity contribution >= 4 is 86.0 Å². The van der Waals surface area contributed by atoms with E-state index in [1.807, 2.05) is 0 Å². The molecule has 2 heterocycles. The number of methoxy groups -OCH3 is 1. The van der Waals surface area contributed by atoms with E-state index in [0.717, 1.165) is 9.80 Å². The Morgan fingerprint density at radius 1 is 1.09 bits per heavy atom. The van der Waals surface area contributed by atoms with Crippen molar-refractivity contribution in [3.63, 3.8) is 0 Å². The number of fused-ring (bicyclic) bond motifs is 4. The Balaban J connectivity index is 1.53. The molecule has 0 bridgehead atoms. The van der Waals surface area contributed by atoms with Gasteiger partial charge in [-0.3, -0.25) is 29.0 Å². The van der Waals surface area contributed by atoms with Crippen LogP contribution < -0.4 is 9.64 Å². The van der Waals surface area contributed by atoms with Crippen molar-refractivity contribution < 1.29 is 38.9 Å². The van der Waals surface area contributed by atoms with Crippen molar-refractivity contribution in [3.05, 3.63) is 64.2 Å². The summed E-state index contributed by atoms with van der Waals surface area (Å²) < 4.78 is 5.30. The zero-order chi connectivity index (χ0) is 31.2. The second-order valence-electron chi connectivity index (χ2n) is 10.9. The number of amides is 4. The molecule has 0 unspecified atom stereocenters. The van der Waals surface area contributed by atoms with Gasteiger partial charge in [-0.15, -0.1) is 23.2 Å². The molecule has 6 rings (SSSR count). The molecule has 3 fully saturated rings. The first-order chi connectivity index (χ1) is 20.3. The number of hydrogen-bond donors (Lipinski definition) is 2. The first-order valence-corrected chi connectivity index (χ1v) is 15.3. The minimum absolute atomic E-state index is 0.00919. The third kappa shape index (κ3) is 3.94. The van der Waals surface area contributed by atoms with Gasteiger partial charge < -0.3 is 14.9 Å². The van der Waals surface area contributed by atoms with Gasteiger partial charge in [-0.25, -0.2) is 4.79 Å². The Morgan fingerprint density at radius 3 is 2.47 bits per heavy atom. The van der Waals surface area contributed by atoms with Crippen LogP contribution >= 0.6 is 50.7 Å². The minimum Gasteiger partial charge on any atom is -0.503 e. The number of carboxylic acid groups (broad SMARTS) is 1. The summed E-state index contributed by atoms with van der Waals surface area (Å²) in [5, 5.41) is 19.8. The SMILES string of the molecule is COc1cc([C@H]2C3=CC[C@@H]4C(=O)N(c5cccc(C(=O)O)c5)C(=O)[C@@H]4[C@@H]3C[C@@]3(Cl)C(=O)N(CBr)C(=O)[C@@]23Cl)cc(Cl)c1O. The van der Waals surface area contributed by atoms with Gasteiger partial charge in [-0.2, -0.15) is 0 Å². The number of hydrogen-bond acceptors (Lipinski definition) is 7. The monoisotopic (exact) mass is 710 g/mol. The molecule has 43 heavy (non-hydrogen) atoms. The number of ether oxygens (including phenoxy) is 1. The molecule has 4 amide bonds. The van der Waals surface area contributed by atoms with Crippen LogP contribution in [0.2, 0.25) is 5.02 Å². The first-order valence-electron chi connectivity index (χ1n) is 13.1. The largest absolute Gasteiger partial charge is 0.503 e. The fourth-order valence-electron chi connectivity index (χ4n) is 7.08. The molecular formula is C29H22BrCl3N2O8. The first kappa shape index (κ1) is 29.9. The molecule has 2 aromatic rings. The molecule has 2 aliphatic heterocycles. The van der Waals surface area contributed by atoms with Crippen molar-refractivity contribution in [1.82, 2.24) is 4.90 Å². The molecule has 6 atom stereocenters. The summed E-state index contributed by atoms with van der Waals surface area (Å²) in [6, 6.07) is 8.36. The van der Waals surface area contributed by atoms with Gasteiger partial charge in [-0.05, 0) is 54.7 Å². The highest BCUT2D eigenvalue weighted by atomic mass is 79.9. The summed E-state index contributed by atoms with van der Waals surface area (Å²) >= 11 is 23.9.